The molecule has 2 aromatic rings. The molecule has 0 atom stereocenters. The van der Waals surface area contributed by atoms with Crippen LogP contribution in [0.25, 0.3) is 5.52 Å². The molecular formula is C13H20BrClN4OSi. The summed E-state index contributed by atoms with van der Waals surface area (Å²) >= 11 is 9.97. The molecule has 0 amide bonds. The van der Waals surface area contributed by atoms with Gasteiger partial charge in [0.25, 0.3) is 0 Å². The van der Waals surface area contributed by atoms with Crippen LogP contribution in [-0.4, -0.2) is 27.7 Å². The van der Waals surface area contributed by atoms with Crippen molar-refractivity contribution in [2.24, 2.45) is 0 Å². The second-order valence-corrected chi connectivity index (χ2v) is 12.1. The third-order valence-corrected chi connectivity index (χ3v) is 9.19. The van der Waals surface area contributed by atoms with E-state index < -0.39 is 8.32 Å². The van der Waals surface area contributed by atoms with E-state index in [2.05, 4.69) is 39.9 Å². The summed E-state index contributed by atoms with van der Waals surface area (Å²) in [5, 5.41) is 4.57. The Morgan fingerprint density at radius 1 is 1.48 bits per heavy atom. The fraction of sp³-hybridized carbons (Fsp3) is 0.538. The predicted molar refractivity (Wildman–Crippen MR) is 92.2 cm³/mol. The van der Waals surface area contributed by atoms with Crippen LogP contribution in [0, 0.1) is 0 Å². The summed E-state index contributed by atoms with van der Waals surface area (Å²) in [7, 11) is -2.24. The van der Waals surface area contributed by atoms with Crippen molar-refractivity contribution in [1.29, 1.82) is 0 Å². The highest BCUT2D eigenvalue weighted by molar-refractivity contribution is 9.10. The summed E-state index contributed by atoms with van der Waals surface area (Å²) in [6.45, 7) is 8.13. The molecule has 0 aliphatic heterocycles. The van der Waals surface area contributed by atoms with Crippen molar-refractivity contribution >= 4 is 47.2 Å². The van der Waals surface area contributed by atoms with E-state index in [1.54, 1.807) is 4.52 Å². The van der Waals surface area contributed by atoms with Crippen molar-refractivity contribution in [1.82, 2.24) is 14.6 Å². The second kappa shape index (κ2) is 5.53. The van der Waals surface area contributed by atoms with Gasteiger partial charge in [0.1, 0.15) is 17.0 Å². The van der Waals surface area contributed by atoms with E-state index in [-0.39, 0.29) is 5.04 Å². The molecule has 0 saturated carbocycles. The lowest BCUT2D eigenvalue weighted by Crippen LogP contribution is -2.39. The van der Waals surface area contributed by atoms with Gasteiger partial charge in [0.2, 0.25) is 0 Å². The van der Waals surface area contributed by atoms with Crippen molar-refractivity contribution in [3.8, 4) is 0 Å². The molecule has 0 saturated heterocycles. The predicted octanol–water partition coefficient (Wildman–Crippen LogP) is 3.64. The van der Waals surface area contributed by atoms with Crippen molar-refractivity contribution in [2.45, 2.75) is 44.8 Å². The van der Waals surface area contributed by atoms with Crippen LogP contribution in [0.15, 0.2) is 10.8 Å². The highest BCUT2D eigenvalue weighted by atomic mass is 79.9. The molecule has 3 N–H and O–H groups in total. The van der Waals surface area contributed by atoms with Gasteiger partial charge in [-0.1, -0.05) is 25.4 Å². The van der Waals surface area contributed by atoms with E-state index >= 15 is 0 Å². The van der Waals surface area contributed by atoms with Crippen LogP contribution < -0.4 is 5.73 Å². The number of anilines is 1. The zero-order valence-electron chi connectivity index (χ0n) is 12.6. The summed E-state index contributed by atoms with van der Waals surface area (Å²) in [4.78, 5) is 14.4. The van der Waals surface area contributed by atoms with Gasteiger partial charge in [-0.05, 0) is 46.9 Å². The number of aromatic nitrogens is 3. The minimum atomic E-state index is -2.24. The largest absolute Gasteiger partial charge is 0.432 e. The zero-order valence-corrected chi connectivity index (χ0v) is 16.0. The first-order valence-electron chi connectivity index (χ1n) is 6.73. The average molecular weight is 392 g/mol. The fourth-order valence-corrected chi connectivity index (χ4v) is 3.96. The zero-order chi connectivity index (χ0) is 16.0. The lowest BCUT2D eigenvalue weighted by molar-refractivity contribution is 0.451. The maximum atomic E-state index is 10.4. The van der Waals surface area contributed by atoms with Crippen molar-refractivity contribution < 1.29 is 4.80 Å². The number of nitrogens with zero attached hydrogens (tertiary/aromatic N) is 3. The highest BCUT2D eigenvalue weighted by Crippen LogP contribution is 2.42. The minimum absolute atomic E-state index is 0.110. The second-order valence-electron chi connectivity index (χ2n) is 6.43. The lowest BCUT2D eigenvalue weighted by atomic mass is 10.0. The van der Waals surface area contributed by atoms with Crippen LogP contribution in [-0.2, 0) is 6.42 Å². The van der Waals surface area contributed by atoms with Gasteiger partial charge in [0.05, 0.1) is 4.47 Å². The number of hydrogen-bond acceptors (Lipinski definition) is 4. The average Bonchev–Trinajstić information content (AvgIpc) is 2.59. The minimum Gasteiger partial charge on any atom is -0.432 e. The molecule has 0 radical (unpaired) electrons. The van der Waals surface area contributed by atoms with Gasteiger partial charge in [0.15, 0.2) is 14.1 Å². The molecule has 116 valence electrons. The first-order valence-corrected chi connectivity index (χ1v) is 10.9. The van der Waals surface area contributed by atoms with Crippen LogP contribution >= 0.6 is 27.5 Å². The highest BCUT2D eigenvalue weighted by Gasteiger charge is 2.38. The third kappa shape index (κ3) is 2.97. The van der Waals surface area contributed by atoms with Crippen LogP contribution in [0.1, 0.15) is 25.8 Å². The first-order chi connectivity index (χ1) is 9.56. The molecule has 0 aliphatic carbocycles. The van der Waals surface area contributed by atoms with Crippen LogP contribution in [0.4, 0.5) is 5.82 Å². The van der Waals surface area contributed by atoms with Crippen molar-refractivity contribution in [3.05, 3.63) is 21.5 Å². The Morgan fingerprint density at radius 3 is 2.62 bits per heavy atom. The van der Waals surface area contributed by atoms with Crippen LogP contribution in [0.3, 0.4) is 0 Å². The quantitative estimate of drug-likeness (QED) is 0.780. The van der Waals surface area contributed by atoms with Gasteiger partial charge in [-0.15, -0.1) is 0 Å². The summed E-state index contributed by atoms with van der Waals surface area (Å²) in [6, 6.07) is 0. The summed E-state index contributed by atoms with van der Waals surface area (Å²) < 4.78 is 2.43. The number of fused-ring (bicyclic) bond motifs is 1. The molecule has 0 aliphatic rings. The van der Waals surface area contributed by atoms with Gasteiger partial charge < -0.3 is 10.5 Å². The van der Waals surface area contributed by atoms with E-state index in [1.165, 1.54) is 6.33 Å². The molecule has 2 heterocycles. The van der Waals surface area contributed by atoms with E-state index in [4.69, 9.17) is 17.3 Å². The molecule has 2 aromatic heterocycles. The molecule has 5 nitrogen and oxygen atoms in total. The molecule has 0 fully saturated rings. The number of rotatable bonds is 4. The number of halogens is 2. The van der Waals surface area contributed by atoms with Gasteiger partial charge in [-0.3, -0.25) is 0 Å². The Balaban J connectivity index is 2.39. The van der Waals surface area contributed by atoms with E-state index in [0.29, 0.717) is 16.5 Å². The Bertz CT molecular complexity index is 681. The Labute approximate surface area is 138 Å². The molecule has 21 heavy (non-hydrogen) atoms. The van der Waals surface area contributed by atoms with Gasteiger partial charge in [-0.25, -0.2) is 9.50 Å². The van der Waals surface area contributed by atoms with E-state index in [1.807, 2.05) is 13.1 Å². The van der Waals surface area contributed by atoms with Crippen molar-refractivity contribution in [2.75, 3.05) is 5.73 Å². The lowest BCUT2D eigenvalue weighted by Gasteiger charge is -2.35. The van der Waals surface area contributed by atoms with Crippen molar-refractivity contribution in [3.63, 3.8) is 0 Å². The first kappa shape index (κ1) is 16.7. The molecule has 2 rings (SSSR count). The third-order valence-electron chi connectivity index (χ3n) is 4.38. The molecule has 0 unspecified atom stereocenters. The topological polar surface area (TPSA) is 76.4 Å². The maximum absolute atomic E-state index is 10.4. The molecule has 0 bridgehead atoms. The van der Waals surface area contributed by atoms with Gasteiger partial charge in [0, 0.05) is 5.56 Å². The normalized spacial score (nSPS) is 13.1. The Morgan fingerprint density at radius 2 is 2.10 bits per heavy atom. The summed E-state index contributed by atoms with van der Waals surface area (Å²) in [5.41, 5.74) is 7.54. The van der Waals surface area contributed by atoms with Gasteiger partial charge in [-0.2, -0.15) is 5.10 Å². The molecule has 0 aromatic carbocycles. The Kier molecular flexibility index (Phi) is 4.41. The monoisotopic (exact) mass is 390 g/mol. The van der Waals surface area contributed by atoms with Crippen LogP contribution in [0.5, 0.6) is 0 Å². The smallest absolute Gasteiger partial charge is 0.188 e. The number of hydrogen-bond donors (Lipinski definition) is 2. The molecule has 0 spiro atoms. The SMILES string of the molecule is CC(C)(CCc1c(Br)c2c(N)ncnn2c1Cl)[Si](C)(C)O. The van der Waals surface area contributed by atoms with E-state index in [9.17, 15) is 4.80 Å². The number of nitrogen functional groups attached to an aromatic ring is 1. The summed E-state index contributed by atoms with van der Waals surface area (Å²) in [6.07, 6.45) is 2.97. The molecular weight excluding hydrogens is 372 g/mol. The van der Waals surface area contributed by atoms with Crippen LogP contribution in [0.2, 0.25) is 23.3 Å². The standard InChI is InChI=1S/C13H20BrClN4OSi/c1-13(2,21(3,4)20)6-5-8-9(14)10-12(16)17-7-18-19(10)11(8)15/h7,20H,5-6H2,1-4H3,(H2,16,17,18). The fourth-order valence-electron chi connectivity index (χ4n) is 2.04. The Hall–Kier alpha value is -0.633. The van der Waals surface area contributed by atoms with E-state index in [0.717, 1.165) is 22.9 Å². The number of nitrogens with two attached hydrogens (primary N) is 1. The summed E-state index contributed by atoms with van der Waals surface area (Å²) in [5.74, 6) is 0.390. The maximum Gasteiger partial charge on any atom is 0.188 e. The molecule has 8 heteroatoms. The van der Waals surface area contributed by atoms with Gasteiger partial charge >= 0.3 is 0 Å².